The Morgan fingerprint density at radius 2 is 2.12 bits per heavy atom. The van der Waals surface area contributed by atoms with E-state index in [0.717, 1.165) is 19.7 Å². The van der Waals surface area contributed by atoms with E-state index in [2.05, 4.69) is 49.5 Å². The van der Waals surface area contributed by atoms with E-state index in [1.807, 2.05) is 0 Å². The van der Waals surface area contributed by atoms with Crippen LogP contribution in [0.2, 0.25) is 0 Å². The van der Waals surface area contributed by atoms with Crippen molar-refractivity contribution in [2.45, 2.75) is 13.8 Å². The molecule has 0 bridgehead atoms. The average molecular weight is 219 g/mol. The van der Waals surface area contributed by atoms with Gasteiger partial charge in [-0.3, -0.25) is 0 Å². The van der Waals surface area contributed by atoms with Crippen LogP contribution in [0.4, 0.5) is 0 Å². The van der Waals surface area contributed by atoms with Gasteiger partial charge < -0.3 is 10.1 Å². The molecule has 88 valence electrons. The maximum Gasteiger partial charge on any atom is 0.0587 e. The third kappa shape index (κ3) is 4.60. The number of nitrogens with one attached hydrogen (secondary N) is 1. The van der Waals surface area contributed by atoms with Crippen molar-refractivity contribution in [3.63, 3.8) is 0 Å². The van der Waals surface area contributed by atoms with Crippen LogP contribution in [0.25, 0.3) is 6.08 Å². The molecule has 1 N–H and O–H groups in total. The lowest BCUT2D eigenvalue weighted by molar-refractivity contribution is 0.200. The summed E-state index contributed by atoms with van der Waals surface area (Å²) in [6, 6.07) is 6.51. The molecule has 16 heavy (non-hydrogen) atoms. The van der Waals surface area contributed by atoms with Crippen molar-refractivity contribution < 1.29 is 4.74 Å². The number of methoxy groups -OCH3 is 1. The Morgan fingerprint density at radius 3 is 2.88 bits per heavy atom. The second-order valence-electron chi connectivity index (χ2n) is 3.96. The first-order valence-electron chi connectivity index (χ1n) is 5.67. The van der Waals surface area contributed by atoms with E-state index < -0.39 is 0 Å². The maximum absolute atomic E-state index is 4.95. The summed E-state index contributed by atoms with van der Waals surface area (Å²) in [5, 5.41) is 3.28. The lowest BCUT2D eigenvalue weighted by Gasteiger charge is -2.02. The van der Waals surface area contributed by atoms with Crippen molar-refractivity contribution in [1.29, 1.82) is 0 Å². The van der Waals surface area contributed by atoms with Crippen LogP contribution < -0.4 is 5.32 Å². The molecule has 0 radical (unpaired) electrons. The quantitative estimate of drug-likeness (QED) is 0.742. The molecule has 0 spiro atoms. The molecule has 0 aliphatic carbocycles. The molecule has 2 heteroatoms. The van der Waals surface area contributed by atoms with Crippen LogP contribution in [0, 0.1) is 13.8 Å². The molecule has 1 rings (SSSR count). The third-order valence-corrected chi connectivity index (χ3v) is 2.48. The predicted octanol–water partition coefficient (Wildman–Crippen LogP) is 2.55. The Labute approximate surface area is 98.3 Å². The van der Waals surface area contributed by atoms with Crippen LogP contribution in [0.15, 0.2) is 24.3 Å². The molecule has 0 aliphatic rings. The minimum Gasteiger partial charge on any atom is -0.383 e. The van der Waals surface area contributed by atoms with E-state index in [1.54, 1.807) is 7.11 Å². The Morgan fingerprint density at radius 1 is 1.31 bits per heavy atom. The largest absolute Gasteiger partial charge is 0.383 e. The van der Waals surface area contributed by atoms with Crippen molar-refractivity contribution in [1.82, 2.24) is 5.32 Å². The lowest BCUT2D eigenvalue weighted by atomic mass is 10.1. The van der Waals surface area contributed by atoms with Crippen LogP contribution >= 0.6 is 0 Å². The molecule has 0 unspecified atom stereocenters. The monoisotopic (exact) mass is 219 g/mol. The van der Waals surface area contributed by atoms with Gasteiger partial charge in [0.2, 0.25) is 0 Å². The van der Waals surface area contributed by atoms with E-state index >= 15 is 0 Å². The fourth-order valence-electron chi connectivity index (χ4n) is 1.48. The van der Waals surface area contributed by atoms with Crippen LogP contribution in [0.3, 0.4) is 0 Å². The predicted molar refractivity (Wildman–Crippen MR) is 69.7 cm³/mol. The van der Waals surface area contributed by atoms with Crippen LogP contribution in [0.5, 0.6) is 0 Å². The highest BCUT2D eigenvalue weighted by atomic mass is 16.5. The molecule has 0 amide bonds. The molecule has 0 heterocycles. The zero-order valence-corrected chi connectivity index (χ0v) is 10.4. The summed E-state index contributed by atoms with van der Waals surface area (Å²) in [6.07, 6.45) is 4.32. The topological polar surface area (TPSA) is 21.3 Å². The molecule has 2 nitrogen and oxygen atoms in total. The van der Waals surface area contributed by atoms with Gasteiger partial charge in [0.1, 0.15) is 0 Å². The van der Waals surface area contributed by atoms with Gasteiger partial charge in [-0.15, -0.1) is 0 Å². The first-order chi connectivity index (χ1) is 7.74. The van der Waals surface area contributed by atoms with Crippen LogP contribution in [0.1, 0.15) is 16.7 Å². The summed E-state index contributed by atoms with van der Waals surface area (Å²) in [5.41, 5.74) is 3.92. The minimum atomic E-state index is 0.761. The van der Waals surface area contributed by atoms with Gasteiger partial charge in [0.05, 0.1) is 6.61 Å². The van der Waals surface area contributed by atoms with Gasteiger partial charge in [-0.1, -0.05) is 35.9 Å². The number of hydrogen-bond donors (Lipinski definition) is 1. The van der Waals surface area contributed by atoms with E-state index in [-0.39, 0.29) is 0 Å². The Kier molecular flexibility index (Phi) is 5.83. The van der Waals surface area contributed by atoms with Crippen molar-refractivity contribution >= 4 is 6.08 Å². The first-order valence-corrected chi connectivity index (χ1v) is 5.67. The van der Waals surface area contributed by atoms with Gasteiger partial charge in [0.15, 0.2) is 0 Å². The smallest absolute Gasteiger partial charge is 0.0587 e. The molecular weight excluding hydrogens is 198 g/mol. The van der Waals surface area contributed by atoms with Gasteiger partial charge in [-0.05, 0) is 25.0 Å². The van der Waals surface area contributed by atoms with E-state index in [1.165, 1.54) is 16.7 Å². The van der Waals surface area contributed by atoms with Crippen LogP contribution in [-0.4, -0.2) is 26.8 Å². The van der Waals surface area contributed by atoms with Crippen molar-refractivity contribution in [3.8, 4) is 0 Å². The van der Waals surface area contributed by atoms with E-state index in [0.29, 0.717) is 0 Å². The van der Waals surface area contributed by atoms with Gasteiger partial charge in [0.25, 0.3) is 0 Å². The summed E-state index contributed by atoms with van der Waals surface area (Å²) in [4.78, 5) is 0. The third-order valence-electron chi connectivity index (χ3n) is 2.48. The summed E-state index contributed by atoms with van der Waals surface area (Å²) in [7, 11) is 1.72. The van der Waals surface area contributed by atoms with Gasteiger partial charge >= 0.3 is 0 Å². The number of rotatable bonds is 6. The molecule has 0 atom stereocenters. The number of benzene rings is 1. The molecular formula is C14H21NO. The van der Waals surface area contributed by atoms with E-state index in [4.69, 9.17) is 4.74 Å². The lowest BCUT2D eigenvalue weighted by Crippen LogP contribution is -2.18. The molecule has 0 fully saturated rings. The van der Waals surface area contributed by atoms with Crippen molar-refractivity contribution in [2.75, 3.05) is 26.8 Å². The summed E-state index contributed by atoms with van der Waals surface area (Å²) in [6.45, 7) is 6.80. The molecule has 0 aromatic heterocycles. The molecule has 0 saturated heterocycles. The zero-order valence-electron chi connectivity index (χ0n) is 10.4. The van der Waals surface area contributed by atoms with Gasteiger partial charge in [-0.25, -0.2) is 0 Å². The Hall–Kier alpha value is -1.12. The van der Waals surface area contributed by atoms with Crippen LogP contribution in [-0.2, 0) is 4.74 Å². The van der Waals surface area contributed by atoms with Crippen molar-refractivity contribution in [2.24, 2.45) is 0 Å². The highest BCUT2D eigenvalue weighted by molar-refractivity contribution is 5.54. The average Bonchev–Trinajstić information content (AvgIpc) is 2.28. The molecule has 0 aliphatic heterocycles. The number of aryl methyl sites for hydroxylation is 2. The summed E-state index contributed by atoms with van der Waals surface area (Å²) < 4.78 is 4.95. The minimum absolute atomic E-state index is 0.761. The normalized spacial score (nSPS) is 11.2. The maximum atomic E-state index is 4.95. The SMILES string of the molecule is COCCNCC=Cc1cc(C)ccc1C. The molecule has 1 aromatic rings. The van der Waals surface area contributed by atoms with Gasteiger partial charge in [0, 0.05) is 20.2 Å². The summed E-state index contributed by atoms with van der Waals surface area (Å²) >= 11 is 0. The van der Waals surface area contributed by atoms with Gasteiger partial charge in [-0.2, -0.15) is 0 Å². The van der Waals surface area contributed by atoms with Crippen molar-refractivity contribution in [3.05, 3.63) is 41.0 Å². The zero-order chi connectivity index (χ0) is 11.8. The fraction of sp³-hybridized carbons (Fsp3) is 0.429. The highest BCUT2D eigenvalue weighted by Gasteiger charge is 1.93. The van der Waals surface area contributed by atoms with E-state index in [9.17, 15) is 0 Å². The summed E-state index contributed by atoms with van der Waals surface area (Å²) in [5.74, 6) is 0. The Bertz CT molecular complexity index is 345. The second-order valence-corrected chi connectivity index (χ2v) is 3.96. The first kappa shape index (κ1) is 12.9. The fourth-order valence-corrected chi connectivity index (χ4v) is 1.48. The molecule has 1 aromatic carbocycles. The molecule has 0 saturated carbocycles. The highest BCUT2D eigenvalue weighted by Crippen LogP contribution is 2.11. The Balaban J connectivity index is 2.40. The second kappa shape index (κ2) is 7.20. The number of ether oxygens (including phenoxy) is 1. The standard InChI is InChI=1S/C14H21NO/c1-12-6-7-13(2)14(11-12)5-4-8-15-9-10-16-3/h4-7,11,15H,8-10H2,1-3H3. The number of hydrogen-bond acceptors (Lipinski definition) is 2.